The summed E-state index contributed by atoms with van der Waals surface area (Å²) >= 11 is 1.08. The molecule has 0 radical (unpaired) electrons. The van der Waals surface area contributed by atoms with Gasteiger partial charge in [0, 0.05) is 12.0 Å². The van der Waals surface area contributed by atoms with Gasteiger partial charge in [-0.15, -0.1) is 0 Å². The summed E-state index contributed by atoms with van der Waals surface area (Å²) in [5.74, 6) is -0.905. The molecule has 0 saturated carbocycles. The summed E-state index contributed by atoms with van der Waals surface area (Å²) in [6.07, 6.45) is 2.25. The molecule has 3 aromatic carbocycles. The number of nitrogens with zero attached hydrogens (tertiary/aromatic N) is 2. The number of anilines is 1. The third-order valence-corrected chi connectivity index (χ3v) is 8.12. The van der Waals surface area contributed by atoms with Crippen molar-refractivity contribution in [1.82, 2.24) is 4.98 Å². The third kappa shape index (κ3) is 4.77. The van der Waals surface area contributed by atoms with Crippen molar-refractivity contribution in [3.63, 3.8) is 0 Å². The summed E-state index contributed by atoms with van der Waals surface area (Å²) in [6, 6.07) is 13.3. The van der Waals surface area contributed by atoms with Crippen LogP contribution in [-0.4, -0.2) is 41.1 Å². The zero-order valence-corrected chi connectivity index (χ0v) is 23.7. The molecule has 1 aromatic heterocycles. The maximum absolute atomic E-state index is 14.0. The van der Waals surface area contributed by atoms with Gasteiger partial charge in [0.25, 0.3) is 5.78 Å². The summed E-state index contributed by atoms with van der Waals surface area (Å²) in [7, 11) is 0. The molecule has 2 atom stereocenters. The standard InChI is InChI=1S/C32H27FN2O6S/c1-4-12-40-24-11-6-18(15-25(24)39-5-2)28-27(29(36)19-7-10-23-20(14-19)13-17(3)41-23)30(37)31(38)35(28)32-34-22-9-8-21(33)16-26(22)42-32/h4,6-11,14-17,28,36H,1,5,12-13H2,2-3H3/t17-,28-/m0/s1. The summed E-state index contributed by atoms with van der Waals surface area (Å²) in [5, 5.41) is 11.8. The van der Waals surface area contributed by atoms with Crippen molar-refractivity contribution in [3.05, 3.63) is 95.3 Å². The average Bonchev–Trinajstić information content (AvgIpc) is 3.63. The molecule has 214 valence electrons. The Morgan fingerprint density at radius 2 is 2.00 bits per heavy atom. The molecule has 3 heterocycles. The summed E-state index contributed by atoms with van der Waals surface area (Å²) in [5.41, 5.74) is 2.16. The van der Waals surface area contributed by atoms with Gasteiger partial charge < -0.3 is 19.3 Å². The van der Waals surface area contributed by atoms with E-state index in [1.807, 2.05) is 13.8 Å². The van der Waals surface area contributed by atoms with Crippen molar-refractivity contribution in [2.75, 3.05) is 18.1 Å². The van der Waals surface area contributed by atoms with Crippen molar-refractivity contribution in [2.24, 2.45) is 0 Å². The van der Waals surface area contributed by atoms with Gasteiger partial charge in [0.15, 0.2) is 16.6 Å². The van der Waals surface area contributed by atoms with E-state index in [9.17, 15) is 19.1 Å². The Morgan fingerprint density at radius 3 is 2.79 bits per heavy atom. The average molecular weight is 587 g/mol. The van der Waals surface area contributed by atoms with Gasteiger partial charge in [-0.2, -0.15) is 0 Å². The number of hydrogen-bond donors (Lipinski definition) is 1. The van der Waals surface area contributed by atoms with Crippen molar-refractivity contribution < 1.29 is 33.3 Å². The van der Waals surface area contributed by atoms with Crippen LogP contribution in [0.2, 0.25) is 0 Å². The van der Waals surface area contributed by atoms with E-state index < -0.39 is 23.5 Å². The van der Waals surface area contributed by atoms with Gasteiger partial charge in [0.05, 0.1) is 28.4 Å². The van der Waals surface area contributed by atoms with Crippen LogP contribution < -0.4 is 19.1 Å². The van der Waals surface area contributed by atoms with Crippen LogP contribution in [0.15, 0.2) is 72.8 Å². The highest BCUT2D eigenvalue weighted by Gasteiger charge is 2.48. The van der Waals surface area contributed by atoms with E-state index >= 15 is 0 Å². The van der Waals surface area contributed by atoms with Crippen molar-refractivity contribution in [2.45, 2.75) is 32.4 Å². The van der Waals surface area contributed by atoms with Gasteiger partial charge in [-0.3, -0.25) is 14.5 Å². The number of aromatic nitrogens is 1. The number of amides is 1. The highest BCUT2D eigenvalue weighted by atomic mass is 32.1. The number of carbonyl (C=O) groups is 2. The smallest absolute Gasteiger partial charge is 0.301 e. The Morgan fingerprint density at radius 1 is 1.17 bits per heavy atom. The number of thiazole rings is 1. The van der Waals surface area contributed by atoms with Crippen molar-refractivity contribution in [3.8, 4) is 17.2 Å². The first-order chi connectivity index (χ1) is 20.3. The van der Waals surface area contributed by atoms with Crippen LogP contribution >= 0.6 is 11.3 Å². The molecule has 2 aliphatic rings. The second-order valence-corrected chi connectivity index (χ2v) is 11.0. The molecule has 10 heteroatoms. The normalized spacial score (nSPS) is 19.2. The van der Waals surface area contributed by atoms with Gasteiger partial charge in [-0.25, -0.2) is 9.37 Å². The second kappa shape index (κ2) is 10.9. The van der Waals surface area contributed by atoms with Crippen LogP contribution in [0.1, 0.15) is 36.6 Å². The largest absolute Gasteiger partial charge is 0.507 e. The van der Waals surface area contributed by atoms with Crippen molar-refractivity contribution >= 4 is 44.1 Å². The minimum absolute atomic E-state index is 0.00865. The first-order valence-corrected chi connectivity index (χ1v) is 14.3. The Bertz CT molecular complexity index is 1780. The number of carbonyl (C=O) groups excluding carboxylic acids is 2. The van der Waals surface area contributed by atoms with Gasteiger partial charge in [-0.1, -0.05) is 30.1 Å². The van der Waals surface area contributed by atoms with Gasteiger partial charge in [-0.05, 0) is 73.5 Å². The van der Waals surface area contributed by atoms with Gasteiger partial charge in [0.1, 0.15) is 30.0 Å². The lowest BCUT2D eigenvalue weighted by Gasteiger charge is -2.24. The van der Waals surface area contributed by atoms with E-state index in [2.05, 4.69) is 11.6 Å². The fourth-order valence-corrected chi connectivity index (χ4v) is 6.31. The summed E-state index contributed by atoms with van der Waals surface area (Å²) in [6.45, 7) is 8.05. The summed E-state index contributed by atoms with van der Waals surface area (Å²) in [4.78, 5) is 33.1. The second-order valence-electron chi connectivity index (χ2n) is 9.97. The number of rotatable bonds is 8. The molecule has 1 saturated heterocycles. The quantitative estimate of drug-likeness (QED) is 0.111. The number of benzene rings is 3. The zero-order chi connectivity index (χ0) is 29.5. The van der Waals surface area contributed by atoms with Crippen LogP contribution in [0.3, 0.4) is 0 Å². The molecule has 42 heavy (non-hydrogen) atoms. The molecule has 8 nitrogen and oxygen atoms in total. The molecule has 0 spiro atoms. The highest BCUT2D eigenvalue weighted by molar-refractivity contribution is 7.22. The van der Waals surface area contributed by atoms with Crippen LogP contribution in [-0.2, 0) is 16.0 Å². The predicted molar refractivity (Wildman–Crippen MR) is 158 cm³/mol. The molecule has 1 fully saturated rings. The molecule has 0 aliphatic carbocycles. The first-order valence-electron chi connectivity index (χ1n) is 13.5. The zero-order valence-electron chi connectivity index (χ0n) is 22.9. The minimum Gasteiger partial charge on any atom is -0.507 e. The van der Waals surface area contributed by atoms with E-state index in [1.165, 1.54) is 23.1 Å². The fraction of sp³-hybridized carbons (Fsp3) is 0.219. The molecular formula is C32H27FN2O6S. The Labute approximate surface area is 245 Å². The summed E-state index contributed by atoms with van der Waals surface area (Å²) < 4.78 is 31.9. The number of fused-ring (bicyclic) bond motifs is 2. The monoisotopic (exact) mass is 586 g/mol. The third-order valence-electron chi connectivity index (χ3n) is 7.10. The molecule has 4 aromatic rings. The number of halogens is 1. The van der Waals surface area contributed by atoms with Crippen LogP contribution in [0, 0.1) is 5.82 Å². The lowest BCUT2D eigenvalue weighted by molar-refractivity contribution is -0.132. The van der Waals surface area contributed by atoms with Gasteiger partial charge in [0.2, 0.25) is 0 Å². The van der Waals surface area contributed by atoms with E-state index in [4.69, 9.17) is 14.2 Å². The number of aliphatic hydroxyl groups excluding tert-OH is 1. The Hall–Kier alpha value is -4.70. The number of Topliss-reactive ketones (excluding diaryl/α,β-unsaturated/α-hetero) is 1. The molecule has 1 amide bonds. The first kappa shape index (κ1) is 27.5. The number of aliphatic hydroxyl groups is 1. The van der Waals surface area contributed by atoms with Crippen LogP contribution in [0.5, 0.6) is 17.2 Å². The van der Waals surface area contributed by atoms with Crippen molar-refractivity contribution in [1.29, 1.82) is 0 Å². The SMILES string of the molecule is C=CCOc1ccc([C@H]2C(=C(O)c3ccc4c(c3)C[C@H](C)O4)C(=O)C(=O)N2c2nc3ccc(F)cc3s2)cc1OCC. The number of ketones is 1. The maximum atomic E-state index is 14.0. The van der Waals surface area contributed by atoms with E-state index in [0.29, 0.717) is 51.6 Å². The topological polar surface area (TPSA) is 98.2 Å². The Balaban J connectivity index is 1.54. The molecule has 0 bridgehead atoms. The molecular weight excluding hydrogens is 559 g/mol. The fourth-order valence-electron chi connectivity index (χ4n) is 5.29. The molecule has 6 rings (SSSR count). The predicted octanol–water partition coefficient (Wildman–Crippen LogP) is 6.35. The molecule has 2 aliphatic heterocycles. The van der Waals surface area contributed by atoms with Crippen LogP contribution in [0.4, 0.5) is 9.52 Å². The van der Waals surface area contributed by atoms with E-state index in [1.54, 1.807) is 42.5 Å². The lowest BCUT2D eigenvalue weighted by Crippen LogP contribution is -2.29. The van der Waals surface area contributed by atoms with E-state index in [-0.39, 0.29) is 29.2 Å². The van der Waals surface area contributed by atoms with Crippen LogP contribution in [0.25, 0.3) is 16.0 Å². The van der Waals surface area contributed by atoms with Gasteiger partial charge >= 0.3 is 5.91 Å². The lowest BCUT2D eigenvalue weighted by atomic mass is 9.94. The molecule has 1 N–H and O–H groups in total. The number of ether oxygens (including phenoxy) is 3. The number of hydrogen-bond acceptors (Lipinski definition) is 8. The molecule has 0 unspecified atom stereocenters. The Kier molecular flexibility index (Phi) is 7.16. The minimum atomic E-state index is -1.05. The maximum Gasteiger partial charge on any atom is 0.301 e. The highest BCUT2D eigenvalue weighted by Crippen LogP contribution is 2.46. The van der Waals surface area contributed by atoms with E-state index in [0.717, 1.165) is 16.9 Å².